The number of halogens is 4. The van der Waals surface area contributed by atoms with Crippen molar-refractivity contribution in [2.45, 2.75) is 19.6 Å². The van der Waals surface area contributed by atoms with Crippen LogP contribution in [0.2, 0.25) is 5.02 Å². The largest absolute Gasteiger partial charge is 0.435 e. The van der Waals surface area contributed by atoms with E-state index in [-0.39, 0.29) is 0 Å². The van der Waals surface area contributed by atoms with Gasteiger partial charge in [0.1, 0.15) is 12.3 Å². The second kappa shape index (κ2) is 5.77. The lowest BCUT2D eigenvalue weighted by molar-refractivity contribution is -0.142. The van der Waals surface area contributed by atoms with Gasteiger partial charge in [-0.25, -0.2) is 4.79 Å². The molecule has 8 heteroatoms. The molecule has 0 aliphatic carbocycles. The van der Waals surface area contributed by atoms with Crippen LogP contribution in [-0.4, -0.2) is 15.7 Å². The van der Waals surface area contributed by atoms with Crippen LogP contribution in [0, 0.1) is 6.92 Å². The molecule has 2 rings (SSSR count). The minimum Gasteiger partial charge on any atom is -0.425 e. The van der Waals surface area contributed by atoms with Crippen LogP contribution in [0.3, 0.4) is 0 Å². The Balaban J connectivity index is 2.03. The maximum atomic E-state index is 12.4. The van der Waals surface area contributed by atoms with Gasteiger partial charge >= 0.3 is 12.1 Å². The number of hydrogen-bond acceptors (Lipinski definition) is 3. The maximum absolute atomic E-state index is 12.4. The van der Waals surface area contributed by atoms with Gasteiger partial charge in [0.05, 0.1) is 0 Å². The van der Waals surface area contributed by atoms with E-state index in [1.807, 2.05) is 0 Å². The summed E-state index contributed by atoms with van der Waals surface area (Å²) in [5.41, 5.74) is -0.412. The number of alkyl halides is 3. The topological polar surface area (TPSA) is 44.1 Å². The molecule has 0 aliphatic rings. The van der Waals surface area contributed by atoms with Crippen LogP contribution in [0.25, 0.3) is 0 Å². The third-order valence-electron chi connectivity index (χ3n) is 2.58. The first-order valence-corrected chi connectivity index (χ1v) is 6.21. The maximum Gasteiger partial charge on any atom is 0.435 e. The van der Waals surface area contributed by atoms with Crippen molar-refractivity contribution >= 4 is 17.6 Å². The van der Waals surface area contributed by atoms with Crippen LogP contribution in [0.5, 0.6) is 5.75 Å². The Morgan fingerprint density at radius 3 is 2.67 bits per heavy atom. The highest BCUT2D eigenvalue weighted by Gasteiger charge is 2.33. The SMILES string of the molecule is Cc1cc(Cl)ccc1OC(=O)Cn1ccc(C(F)(F)F)n1. The first-order chi connectivity index (χ1) is 9.75. The minimum absolute atomic E-state index is 0.299. The fourth-order valence-corrected chi connectivity index (χ4v) is 1.84. The van der Waals surface area contributed by atoms with Crippen molar-refractivity contribution in [3.8, 4) is 5.75 Å². The number of aromatic nitrogens is 2. The second-order valence-corrected chi connectivity index (χ2v) is 4.72. The van der Waals surface area contributed by atoms with Crippen molar-refractivity contribution in [1.29, 1.82) is 0 Å². The van der Waals surface area contributed by atoms with Crippen LogP contribution in [0.4, 0.5) is 13.2 Å². The number of carbonyl (C=O) groups is 1. The fourth-order valence-electron chi connectivity index (χ4n) is 1.62. The molecular weight excluding hydrogens is 309 g/mol. The molecule has 1 aromatic carbocycles. The van der Waals surface area contributed by atoms with Gasteiger partial charge < -0.3 is 4.74 Å². The van der Waals surface area contributed by atoms with Crippen molar-refractivity contribution < 1.29 is 22.7 Å². The van der Waals surface area contributed by atoms with Gasteiger partial charge in [-0.05, 0) is 36.8 Å². The number of esters is 1. The molecule has 1 heterocycles. The summed E-state index contributed by atoms with van der Waals surface area (Å²) in [6.07, 6.45) is -3.47. The first kappa shape index (κ1) is 15.4. The summed E-state index contributed by atoms with van der Waals surface area (Å²) in [6.45, 7) is 1.28. The van der Waals surface area contributed by atoms with Crippen LogP contribution in [-0.2, 0) is 17.5 Å². The average Bonchev–Trinajstić information content (AvgIpc) is 2.81. The van der Waals surface area contributed by atoms with Crippen molar-refractivity contribution in [3.63, 3.8) is 0 Å². The lowest BCUT2D eigenvalue weighted by Crippen LogP contribution is -2.18. The molecule has 0 amide bonds. The molecule has 0 saturated carbocycles. The van der Waals surface area contributed by atoms with Crippen molar-refractivity contribution in [1.82, 2.24) is 9.78 Å². The van der Waals surface area contributed by atoms with Crippen LogP contribution >= 0.6 is 11.6 Å². The zero-order valence-electron chi connectivity index (χ0n) is 10.8. The molecule has 0 bridgehead atoms. The van der Waals surface area contributed by atoms with Crippen LogP contribution in [0.1, 0.15) is 11.3 Å². The van der Waals surface area contributed by atoms with E-state index in [0.717, 1.165) is 16.9 Å². The number of carbonyl (C=O) groups excluding carboxylic acids is 1. The van der Waals surface area contributed by atoms with E-state index in [9.17, 15) is 18.0 Å². The van der Waals surface area contributed by atoms with E-state index in [0.29, 0.717) is 16.3 Å². The zero-order chi connectivity index (χ0) is 15.6. The molecule has 112 valence electrons. The second-order valence-electron chi connectivity index (χ2n) is 4.28. The van der Waals surface area contributed by atoms with Crippen molar-refractivity contribution in [2.24, 2.45) is 0 Å². The van der Waals surface area contributed by atoms with Crippen molar-refractivity contribution in [2.75, 3.05) is 0 Å². The number of rotatable bonds is 3. The van der Waals surface area contributed by atoms with Gasteiger partial charge in [0.25, 0.3) is 0 Å². The first-order valence-electron chi connectivity index (χ1n) is 5.83. The van der Waals surface area contributed by atoms with Gasteiger partial charge in [-0.3, -0.25) is 4.68 Å². The van der Waals surface area contributed by atoms with Crippen LogP contribution in [0.15, 0.2) is 30.5 Å². The highest BCUT2D eigenvalue weighted by molar-refractivity contribution is 6.30. The summed E-state index contributed by atoms with van der Waals surface area (Å²) >= 11 is 5.77. The molecule has 4 nitrogen and oxygen atoms in total. The molecule has 21 heavy (non-hydrogen) atoms. The normalized spacial score (nSPS) is 11.5. The number of benzene rings is 1. The lowest BCUT2D eigenvalue weighted by Gasteiger charge is -2.07. The highest BCUT2D eigenvalue weighted by Crippen LogP contribution is 2.27. The van der Waals surface area contributed by atoms with Gasteiger partial charge in [-0.1, -0.05) is 11.6 Å². The van der Waals surface area contributed by atoms with Crippen LogP contribution < -0.4 is 4.74 Å². The molecule has 0 aliphatic heterocycles. The number of hydrogen-bond donors (Lipinski definition) is 0. The third-order valence-corrected chi connectivity index (χ3v) is 2.82. The van der Waals surface area contributed by atoms with E-state index in [2.05, 4.69) is 5.10 Å². The fraction of sp³-hybridized carbons (Fsp3) is 0.231. The lowest BCUT2D eigenvalue weighted by atomic mass is 10.2. The molecule has 2 aromatic rings. The number of aryl methyl sites for hydroxylation is 1. The smallest absolute Gasteiger partial charge is 0.425 e. The molecular formula is C13H10ClF3N2O2. The molecule has 0 fully saturated rings. The molecule has 0 atom stereocenters. The number of nitrogens with zero attached hydrogens (tertiary/aromatic N) is 2. The molecule has 0 unspecified atom stereocenters. The predicted octanol–water partition coefficient (Wildman–Crippen LogP) is 3.47. The summed E-state index contributed by atoms with van der Waals surface area (Å²) < 4.78 is 43.0. The Morgan fingerprint density at radius 2 is 2.10 bits per heavy atom. The number of ether oxygens (including phenoxy) is 1. The summed E-state index contributed by atoms with van der Waals surface area (Å²) in [5, 5.41) is 3.76. The van der Waals surface area contributed by atoms with E-state index < -0.39 is 24.4 Å². The third kappa shape index (κ3) is 3.98. The summed E-state index contributed by atoms with van der Waals surface area (Å²) in [7, 11) is 0. The van der Waals surface area contributed by atoms with Gasteiger partial charge in [0.2, 0.25) is 0 Å². The summed E-state index contributed by atoms with van der Waals surface area (Å²) in [4.78, 5) is 11.7. The monoisotopic (exact) mass is 318 g/mol. The standard InChI is InChI=1S/C13H10ClF3N2O2/c1-8-6-9(14)2-3-10(8)21-12(20)7-19-5-4-11(18-19)13(15,16)17/h2-6H,7H2,1H3. The van der Waals surface area contributed by atoms with E-state index in [1.165, 1.54) is 6.07 Å². The summed E-state index contributed by atoms with van der Waals surface area (Å²) in [6, 6.07) is 5.47. The molecule has 0 radical (unpaired) electrons. The Kier molecular flexibility index (Phi) is 4.22. The van der Waals surface area contributed by atoms with E-state index >= 15 is 0 Å². The molecule has 0 N–H and O–H groups in total. The highest BCUT2D eigenvalue weighted by atomic mass is 35.5. The zero-order valence-corrected chi connectivity index (χ0v) is 11.6. The summed E-state index contributed by atoms with van der Waals surface area (Å²) in [5.74, 6) is -0.426. The van der Waals surface area contributed by atoms with E-state index in [4.69, 9.17) is 16.3 Å². The van der Waals surface area contributed by atoms with Crippen molar-refractivity contribution in [3.05, 3.63) is 46.7 Å². The average molecular weight is 319 g/mol. The predicted molar refractivity (Wildman–Crippen MR) is 69.1 cm³/mol. The Bertz CT molecular complexity index is 668. The van der Waals surface area contributed by atoms with Gasteiger partial charge in [-0.15, -0.1) is 0 Å². The quantitative estimate of drug-likeness (QED) is 0.643. The van der Waals surface area contributed by atoms with Gasteiger partial charge in [0.15, 0.2) is 5.69 Å². The Labute approximate surface area is 123 Å². The van der Waals surface area contributed by atoms with Gasteiger partial charge in [0, 0.05) is 11.2 Å². The van der Waals surface area contributed by atoms with Gasteiger partial charge in [-0.2, -0.15) is 18.3 Å². The molecule has 1 aromatic heterocycles. The Hall–Kier alpha value is -2.02. The van der Waals surface area contributed by atoms with E-state index in [1.54, 1.807) is 19.1 Å². The molecule has 0 spiro atoms. The Morgan fingerprint density at radius 1 is 1.38 bits per heavy atom. The minimum atomic E-state index is -4.54. The molecule has 0 saturated heterocycles.